The van der Waals surface area contributed by atoms with Gasteiger partial charge in [-0.2, -0.15) is 0 Å². The molecule has 4 rings (SSSR count). The fourth-order valence-corrected chi connectivity index (χ4v) is 3.44. The summed E-state index contributed by atoms with van der Waals surface area (Å²) < 4.78 is 22.0. The van der Waals surface area contributed by atoms with Crippen LogP contribution in [0.1, 0.15) is 6.42 Å². The van der Waals surface area contributed by atoms with Crippen LogP contribution < -0.4 is 14.8 Å². The normalized spacial score (nSPS) is 23.5. The smallest absolute Gasteiger partial charge is 0.321 e. The zero-order chi connectivity index (χ0) is 17.8. The molecule has 26 heavy (non-hydrogen) atoms. The first-order valence-electron chi connectivity index (χ1n) is 9.15. The zero-order valence-corrected chi connectivity index (χ0v) is 14.8. The van der Waals surface area contributed by atoms with Crippen LogP contribution in [-0.4, -0.2) is 81.3 Å². The maximum atomic E-state index is 12.7. The second kappa shape index (κ2) is 8.11. The number of fused-ring (bicyclic) bond motifs is 1. The Morgan fingerprint density at radius 3 is 2.85 bits per heavy atom. The Labute approximate surface area is 152 Å². The average Bonchev–Trinajstić information content (AvgIpc) is 3.00. The van der Waals surface area contributed by atoms with Crippen LogP contribution in [0.4, 0.5) is 10.5 Å². The molecule has 3 aliphatic heterocycles. The van der Waals surface area contributed by atoms with Gasteiger partial charge >= 0.3 is 6.03 Å². The molecule has 0 bridgehead atoms. The van der Waals surface area contributed by atoms with Crippen molar-refractivity contribution in [3.63, 3.8) is 0 Å². The van der Waals surface area contributed by atoms with Gasteiger partial charge in [-0.1, -0.05) is 0 Å². The summed E-state index contributed by atoms with van der Waals surface area (Å²) in [7, 11) is 0. The van der Waals surface area contributed by atoms with Crippen LogP contribution in [0.5, 0.6) is 11.5 Å². The van der Waals surface area contributed by atoms with Gasteiger partial charge in [0.25, 0.3) is 0 Å². The van der Waals surface area contributed by atoms with E-state index >= 15 is 0 Å². The van der Waals surface area contributed by atoms with E-state index in [1.54, 1.807) is 6.07 Å². The van der Waals surface area contributed by atoms with E-state index in [1.165, 1.54) is 0 Å². The van der Waals surface area contributed by atoms with Crippen LogP contribution in [-0.2, 0) is 9.47 Å². The predicted molar refractivity (Wildman–Crippen MR) is 94.8 cm³/mol. The third-order valence-electron chi connectivity index (χ3n) is 4.83. The topological polar surface area (TPSA) is 72.5 Å². The van der Waals surface area contributed by atoms with E-state index in [1.807, 2.05) is 17.0 Å². The highest BCUT2D eigenvalue weighted by atomic mass is 16.7. The number of morpholine rings is 1. The second-order valence-corrected chi connectivity index (χ2v) is 6.70. The summed E-state index contributed by atoms with van der Waals surface area (Å²) in [6, 6.07) is 5.32. The van der Waals surface area contributed by atoms with Gasteiger partial charge in [-0.15, -0.1) is 0 Å². The number of hydrogen-bond donors (Lipinski definition) is 1. The summed E-state index contributed by atoms with van der Waals surface area (Å²) in [5, 5.41) is 2.96. The first kappa shape index (κ1) is 17.4. The van der Waals surface area contributed by atoms with E-state index in [-0.39, 0.29) is 18.9 Å². The summed E-state index contributed by atoms with van der Waals surface area (Å²) in [4.78, 5) is 16.9. The maximum absolute atomic E-state index is 12.7. The molecule has 0 aromatic heterocycles. The fraction of sp³-hybridized carbons (Fsp3) is 0.611. The van der Waals surface area contributed by atoms with Crippen molar-refractivity contribution in [1.29, 1.82) is 0 Å². The summed E-state index contributed by atoms with van der Waals surface area (Å²) in [6.07, 6.45) is 0.867. The van der Waals surface area contributed by atoms with E-state index in [0.717, 1.165) is 39.3 Å². The van der Waals surface area contributed by atoms with E-state index in [4.69, 9.17) is 18.9 Å². The van der Waals surface area contributed by atoms with Crippen molar-refractivity contribution in [1.82, 2.24) is 9.80 Å². The SMILES string of the molecule is O=C(Nc1ccc2c(c1)OCO2)N1CCCOC(CN2CCOCC2)C1. The van der Waals surface area contributed by atoms with Crippen LogP contribution in [0, 0.1) is 0 Å². The molecule has 1 N–H and O–H groups in total. The maximum Gasteiger partial charge on any atom is 0.321 e. The van der Waals surface area contributed by atoms with E-state index in [2.05, 4.69) is 10.2 Å². The first-order chi connectivity index (χ1) is 12.8. The highest BCUT2D eigenvalue weighted by molar-refractivity contribution is 5.89. The lowest BCUT2D eigenvalue weighted by atomic mass is 10.2. The number of nitrogens with one attached hydrogen (secondary N) is 1. The van der Waals surface area contributed by atoms with Crippen LogP contribution in [0.25, 0.3) is 0 Å². The van der Waals surface area contributed by atoms with E-state index in [9.17, 15) is 4.79 Å². The number of carbonyl (C=O) groups is 1. The Balaban J connectivity index is 1.35. The molecule has 1 unspecified atom stereocenters. The number of benzene rings is 1. The van der Waals surface area contributed by atoms with Crippen molar-refractivity contribution in [3.05, 3.63) is 18.2 Å². The van der Waals surface area contributed by atoms with Crippen LogP contribution in [0.2, 0.25) is 0 Å². The van der Waals surface area contributed by atoms with Gasteiger partial charge in [0.2, 0.25) is 6.79 Å². The van der Waals surface area contributed by atoms with Gasteiger partial charge in [0.15, 0.2) is 11.5 Å². The van der Waals surface area contributed by atoms with Crippen LogP contribution in [0.15, 0.2) is 18.2 Å². The van der Waals surface area contributed by atoms with Crippen molar-refractivity contribution in [2.75, 3.05) is 64.7 Å². The van der Waals surface area contributed by atoms with Crippen molar-refractivity contribution < 1.29 is 23.7 Å². The Morgan fingerprint density at radius 1 is 1.12 bits per heavy atom. The number of nitrogens with zero attached hydrogens (tertiary/aromatic N) is 2. The summed E-state index contributed by atoms with van der Waals surface area (Å²) in [5.41, 5.74) is 0.703. The van der Waals surface area contributed by atoms with Gasteiger partial charge in [0, 0.05) is 51.1 Å². The Bertz CT molecular complexity index is 635. The number of anilines is 1. The Morgan fingerprint density at radius 2 is 1.96 bits per heavy atom. The molecule has 3 heterocycles. The quantitative estimate of drug-likeness (QED) is 0.875. The highest BCUT2D eigenvalue weighted by Crippen LogP contribution is 2.34. The molecule has 0 spiro atoms. The average molecular weight is 363 g/mol. The number of amides is 2. The monoisotopic (exact) mass is 363 g/mol. The number of hydrogen-bond acceptors (Lipinski definition) is 6. The largest absolute Gasteiger partial charge is 0.454 e. The van der Waals surface area contributed by atoms with Gasteiger partial charge < -0.3 is 29.2 Å². The molecule has 2 saturated heterocycles. The lowest BCUT2D eigenvalue weighted by molar-refractivity contribution is -0.00983. The van der Waals surface area contributed by atoms with Crippen molar-refractivity contribution in [3.8, 4) is 11.5 Å². The van der Waals surface area contributed by atoms with E-state index in [0.29, 0.717) is 36.9 Å². The highest BCUT2D eigenvalue weighted by Gasteiger charge is 2.25. The van der Waals surface area contributed by atoms with E-state index < -0.39 is 0 Å². The molecule has 0 radical (unpaired) electrons. The molecule has 1 aromatic carbocycles. The summed E-state index contributed by atoms with van der Waals surface area (Å²) in [6.45, 7) is 6.39. The van der Waals surface area contributed by atoms with Crippen molar-refractivity contribution in [2.45, 2.75) is 12.5 Å². The van der Waals surface area contributed by atoms with Crippen LogP contribution >= 0.6 is 0 Å². The zero-order valence-electron chi connectivity index (χ0n) is 14.8. The standard InChI is InChI=1S/C18H25N3O5/c22-18(19-14-2-3-16-17(10-14)26-13-25-16)21-4-1-7-24-15(12-21)11-20-5-8-23-9-6-20/h2-3,10,15H,1,4-9,11-13H2,(H,19,22). The third kappa shape index (κ3) is 4.20. The lowest BCUT2D eigenvalue weighted by Gasteiger charge is -2.31. The molecular weight excluding hydrogens is 338 g/mol. The third-order valence-corrected chi connectivity index (χ3v) is 4.83. The van der Waals surface area contributed by atoms with Crippen molar-refractivity contribution in [2.24, 2.45) is 0 Å². The molecular formula is C18H25N3O5. The van der Waals surface area contributed by atoms with Gasteiger partial charge in [-0.25, -0.2) is 4.79 Å². The number of rotatable bonds is 3. The fourth-order valence-electron chi connectivity index (χ4n) is 3.44. The number of ether oxygens (including phenoxy) is 4. The van der Waals surface area contributed by atoms with Crippen LogP contribution in [0.3, 0.4) is 0 Å². The molecule has 1 atom stereocenters. The molecule has 3 aliphatic rings. The minimum atomic E-state index is -0.110. The summed E-state index contributed by atoms with van der Waals surface area (Å²) >= 11 is 0. The minimum Gasteiger partial charge on any atom is -0.454 e. The molecule has 2 amide bonds. The van der Waals surface area contributed by atoms with Gasteiger partial charge in [0.1, 0.15) is 0 Å². The molecule has 142 valence electrons. The Hall–Kier alpha value is -2.03. The van der Waals surface area contributed by atoms with Crippen molar-refractivity contribution >= 4 is 11.7 Å². The first-order valence-corrected chi connectivity index (χ1v) is 9.15. The molecule has 8 nitrogen and oxygen atoms in total. The molecule has 0 aliphatic carbocycles. The second-order valence-electron chi connectivity index (χ2n) is 6.70. The molecule has 1 aromatic rings. The molecule has 0 saturated carbocycles. The Kier molecular flexibility index (Phi) is 5.42. The number of urea groups is 1. The predicted octanol–water partition coefficient (Wildman–Crippen LogP) is 1.37. The molecule has 8 heteroatoms. The summed E-state index contributed by atoms with van der Waals surface area (Å²) in [5.74, 6) is 1.36. The van der Waals surface area contributed by atoms with Gasteiger partial charge in [0.05, 0.1) is 19.3 Å². The molecule has 2 fully saturated rings. The number of carbonyl (C=O) groups excluding carboxylic acids is 1. The van der Waals surface area contributed by atoms with Gasteiger partial charge in [-0.05, 0) is 18.6 Å². The van der Waals surface area contributed by atoms with Gasteiger partial charge in [-0.3, -0.25) is 4.90 Å². The lowest BCUT2D eigenvalue weighted by Crippen LogP contribution is -2.46. The minimum absolute atomic E-state index is 0.0260.